The zero-order valence-corrected chi connectivity index (χ0v) is 15.9. The quantitative estimate of drug-likeness (QED) is 0.660. The molecule has 0 radical (unpaired) electrons. The number of nitrogens with one attached hydrogen (secondary N) is 1. The highest BCUT2D eigenvalue weighted by molar-refractivity contribution is 5.94. The molecule has 142 valence electrons. The van der Waals surface area contributed by atoms with E-state index in [0.717, 1.165) is 22.5 Å². The molecule has 2 heterocycles. The van der Waals surface area contributed by atoms with E-state index in [1.165, 1.54) is 0 Å². The van der Waals surface area contributed by atoms with Crippen LogP contribution in [0.3, 0.4) is 0 Å². The minimum absolute atomic E-state index is 0.0622. The van der Waals surface area contributed by atoms with Gasteiger partial charge in [-0.05, 0) is 23.6 Å². The van der Waals surface area contributed by atoms with Crippen molar-refractivity contribution in [2.24, 2.45) is 18.7 Å². The van der Waals surface area contributed by atoms with Gasteiger partial charge in [-0.3, -0.25) is 9.48 Å². The molecule has 8 heteroatoms. The SMILES string of the molecule is CC(C)CNC(=O)c1cccc(Cn2cc(-c3cnn(C)c3CN)nn2)c1. The zero-order valence-electron chi connectivity index (χ0n) is 15.9. The van der Waals surface area contributed by atoms with Gasteiger partial charge in [0.05, 0.1) is 24.6 Å². The van der Waals surface area contributed by atoms with Crippen LogP contribution in [0.15, 0.2) is 36.7 Å². The number of aryl methyl sites for hydroxylation is 1. The Morgan fingerprint density at radius 2 is 2.15 bits per heavy atom. The number of nitrogens with zero attached hydrogens (tertiary/aromatic N) is 5. The largest absolute Gasteiger partial charge is 0.352 e. The summed E-state index contributed by atoms with van der Waals surface area (Å²) in [5, 5.41) is 15.6. The lowest BCUT2D eigenvalue weighted by Crippen LogP contribution is -2.27. The number of rotatable bonds is 7. The molecular formula is C19H25N7O. The van der Waals surface area contributed by atoms with Crippen LogP contribution in [0, 0.1) is 5.92 Å². The van der Waals surface area contributed by atoms with Gasteiger partial charge in [-0.1, -0.05) is 31.2 Å². The number of hydrogen-bond acceptors (Lipinski definition) is 5. The Kier molecular flexibility index (Phi) is 5.66. The highest BCUT2D eigenvalue weighted by Gasteiger charge is 2.13. The fraction of sp³-hybridized carbons (Fsp3) is 0.368. The second-order valence-corrected chi connectivity index (χ2v) is 6.94. The van der Waals surface area contributed by atoms with Crippen molar-refractivity contribution in [3.05, 3.63) is 53.5 Å². The molecule has 3 N–H and O–H groups in total. The van der Waals surface area contributed by atoms with E-state index >= 15 is 0 Å². The third-order valence-corrected chi connectivity index (χ3v) is 4.27. The topological polar surface area (TPSA) is 104 Å². The maximum Gasteiger partial charge on any atom is 0.251 e. The highest BCUT2D eigenvalue weighted by Crippen LogP contribution is 2.20. The van der Waals surface area contributed by atoms with Crippen molar-refractivity contribution >= 4 is 5.91 Å². The standard InChI is InChI=1S/C19H25N7O/c1-13(2)9-21-19(27)15-6-4-5-14(7-15)11-26-12-17(23-24-26)16-10-22-25(3)18(16)8-20/h4-7,10,12-13H,8-9,11,20H2,1-3H3,(H,21,27). The van der Waals surface area contributed by atoms with Gasteiger partial charge in [-0.2, -0.15) is 5.10 Å². The number of amides is 1. The van der Waals surface area contributed by atoms with Crippen molar-refractivity contribution in [3.8, 4) is 11.3 Å². The molecule has 2 aromatic heterocycles. The molecule has 0 aliphatic rings. The van der Waals surface area contributed by atoms with Gasteiger partial charge in [0.25, 0.3) is 5.91 Å². The second kappa shape index (κ2) is 8.13. The fourth-order valence-corrected chi connectivity index (χ4v) is 2.81. The fourth-order valence-electron chi connectivity index (χ4n) is 2.81. The zero-order chi connectivity index (χ0) is 19.4. The van der Waals surface area contributed by atoms with Crippen LogP contribution in [0.1, 0.15) is 35.5 Å². The van der Waals surface area contributed by atoms with E-state index in [4.69, 9.17) is 5.73 Å². The maximum atomic E-state index is 12.2. The molecule has 0 saturated carbocycles. The van der Waals surface area contributed by atoms with E-state index in [0.29, 0.717) is 31.1 Å². The normalized spacial score (nSPS) is 11.1. The summed E-state index contributed by atoms with van der Waals surface area (Å²) in [5.41, 5.74) is 9.94. The summed E-state index contributed by atoms with van der Waals surface area (Å²) in [4.78, 5) is 12.2. The van der Waals surface area contributed by atoms with Crippen LogP contribution in [-0.4, -0.2) is 37.2 Å². The molecule has 0 fully saturated rings. The summed E-state index contributed by atoms with van der Waals surface area (Å²) in [5.74, 6) is 0.351. The smallest absolute Gasteiger partial charge is 0.251 e. The van der Waals surface area contributed by atoms with Crippen LogP contribution in [0.5, 0.6) is 0 Å². The minimum Gasteiger partial charge on any atom is -0.352 e. The van der Waals surface area contributed by atoms with Gasteiger partial charge in [0, 0.05) is 31.3 Å². The highest BCUT2D eigenvalue weighted by atomic mass is 16.1. The van der Waals surface area contributed by atoms with E-state index in [-0.39, 0.29) is 5.91 Å². The Balaban J connectivity index is 1.74. The molecule has 0 saturated heterocycles. The lowest BCUT2D eigenvalue weighted by atomic mass is 10.1. The van der Waals surface area contributed by atoms with Gasteiger partial charge >= 0.3 is 0 Å². The third-order valence-electron chi connectivity index (χ3n) is 4.27. The minimum atomic E-state index is -0.0622. The monoisotopic (exact) mass is 367 g/mol. The van der Waals surface area contributed by atoms with E-state index < -0.39 is 0 Å². The third kappa shape index (κ3) is 4.40. The number of nitrogens with two attached hydrogens (primary N) is 1. The molecule has 3 aromatic rings. The predicted octanol–water partition coefficient (Wildman–Crippen LogP) is 1.57. The van der Waals surface area contributed by atoms with Gasteiger partial charge in [0.15, 0.2) is 0 Å². The Hall–Kier alpha value is -3.00. The summed E-state index contributed by atoms with van der Waals surface area (Å²) in [6.45, 7) is 5.70. The lowest BCUT2D eigenvalue weighted by Gasteiger charge is -2.09. The summed E-state index contributed by atoms with van der Waals surface area (Å²) in [6.07, 6.45) is 3.61. The van der Waals surface area contributed by atoms with E-state index in [9.17, 15) is 4.79 Å². The molecule has 3 rings (SSSR count). The molecule has 0 aliphatic carbocycles. The van der Waals surface area contributed by atoms with Crippen molar-refractivity contribution in [1.29, 1.82) is 0 Å². The van der Waals surface area contributed by atoms with Crippen molar-refractivity contribution < 1.29 is 4.79 Å². The Labute approximate surface area is 158 Å². The first-order valence-corrected chi connectivity index (χ1v) is 8.96. The average Bonchev–Trinajstić information content (AvgIpc) is 3.25. The van der Waals surface area contributed by atoms with Gasteiger partial charge in [-0.15, -0.1) is 5.10 Å². The summed E-state index contributed by atoms with van der Waals surface area (Å²) < 4.78 is 3.49. The van der Waals surface area contributed by atoms with Gasteiger partial charge in [0.2, 0.25) is 0 Å². The van der Waals surface area contributed by atoms with E-state index in [2.05, 4.69) is 34.6 Å². The molecule has 27 heavy (non-hydrogen) atoms. The van der Waals surface area contributed by atoms with Crippen LogP contribution in [0.25, 0.3) is 11.3 Å². The number of carbonyl (C=O) groups is 1. The predicted molar refractivity (Wildman–Crippen MR) is 103 cm³/mol. The van der Waals surface area contributed by atoms with Crippen LogP contribution >= 0.6 is 0 Å². The van der Waals surface area contributed by atoms with Crippen LogP contribution in [0.2, 0.25) is 0 Å². The number of aromatic nitrogens is 5. The molecule has 0 unspecified atom stereocenters. The first-order chi connectivity index (χ1) is 13.0. The number of benzene rings is 1. The van der Waals surface area contributed by atoms with Gasteiger partial charge < -0.3 is 11.1 Å². The molecular weight excluding hydrogens is 342 g/mol. The molecule has 0 bridgehead atoms. The van der Waals surface area contributed by atoms with E-state index in [1.54, 1.807) is 15.6 Å². The summed E-state index contributed by atoms with van der Waals surface area (Å²) in [6, 6.07) is 7.54. The lowest BCUT2D eigenvalue weighted by molar-refractivity contribution is 0.0949. The molecule has 0 aliphatic heterocycles. The molecule has 1 aromatic carbocycles. The van der Waals surface area contributed by atoms with Crippen LogP contribution < -0.4 is 11.1 Å². The summed E-state index contributed by atoms with van der Waals surface area (Å²) in [7, 11) is 1.85. The maximum absolute atomic E-state index is 12.2. The molecule has 0 spiro atoms. The molecule has 1 amide bonds. The van der Waals surface area contributed by atoms with Crippen molar-refractivity contribution in [1.82, 2.24) is 30.1 Å². The average molecular weight is 367 g/mol. The summed E-state index contributed by atoms with van der Waals surface area (Å²) >= 11 is 0. The van der Waals surface area contributed by atoms with Crippen LogP contribution in [-0.2, 0) is 20.1 Å². The first kappa shape index (κ1) is 18.8. The van der Waals surface area contributed by atoms with E-state index in [1.807, 2.05) is 37.5 Å². The van der Waals surface area contributed by atoms with Gasteiger partial charge in [-0.25, -0.2) is 4.68 Å². The Morgan fingerprint density at radius 1 is 1.33 bits per heavy atom. The Morgan fingerprint density at radius 3 is 2.89 bits per heavy atom. The van der Waals surface area contributed by atoms with Crippen LogP contribution in [0.4, 0.5) is 0 Å². The van der Waals surface area contributed by atoms with Gasteiger partial charge in [0.1, 0.15) is 5.69 Å². The second-order valence-electron chi connectivity index (χ2n) is 6.94. The number of hydrogen-bond donors (Lipinski definition) is 2. The Bertz CT molecular complexity index is 926. The van der Waals surface area contributed by atoms with Crippen molar-refractivity contribution in [2.45, 2.75) is 26.9 Å². The molecule has 8 nitrogen and oxygen atoms in total. The van der Waals surface area contributed by atoms with Crippen molar-refractivity contribution in [2.75, 3.05) is 6.54 Å². The number of carbonyl (C=O) groups excluding carboxylic acids is 1. The van der Waals surface area contributed by atoms with Crippen molar-refractivity contribution in [3.63, 3.8) is 0 Å². The molecule has 0 atom stereocenters. The first-order valence-electron chi connectivity index (χ1n) is 8.96.